The van der Waals surface area contributed by atoms with Crippen LogP contribution in [0.15, 0.2) is 30.3 Å². The highest BCUT2D eigenvalue weighted by Gasteiger charge is 2.19. The van der Waals surface area contributed by atoms with Crippen molar-refractivity contribution >= 4 is 24.5 Å². The average molecular weight is 303 g/mol. The van der Waals surface area contributed by atoms with Crippen LogP contribution < -0.4 is 10.6 Å². The molecule has 0 spiro atoms. The van der Waals surface area contributed by atoms with Crippen molar-refractivity contribution in [1.82, 2.24) is 10.6 Å². The number of carbonyl (C=O) groups excluding carboxylic acids is 1. The minimum absolute atomic E-state index is 0. The van der Waals surface area contributed by atoms with Crippen LogP contribution in [0.25, 0.3) is 0 Å². The molecule has 6 nitrogen and oxygen atoms in total. The van der Waals surface area contributed by atoms with Gasteiger partial charge in [0.05, 0.1) is 0 Å². The Morgan fingerprint density at radius 2 is 1.95 bits per heavy atom. The molecular formula is C13H19ClN2O4. The van der Waals surface area contributed by atoms with E-state index in [1.54, 1.807) is 7.05 Å². The predicted octanol–water partition coefficient (Wildman–Crippen LogP) is 1.40. The van der Waals surface area contributed by atoms with E-state index in [0.29, 0.717) is 13.0 Å². The molecule has 0 aliphatic carbocycles. The molecule has 0 saturated carbocycles. The Bertz CT molecular complexity index is 414. The molecule has 0 radical (unpaired) electrons. The molecule has 0 aliphatic rings. The zero-order valence-electron chi connectivity index (χ0n) is 11.2. The molecule has 1 unspecified atom stereocenters. The molecular weight excluding hydrogens is 284 g/mol. The third-order valence-electron chi connectivity index (χ3n) is 2.49. The summed E-state index contributed by atoms with van der Waals surface area (Å²) in [6.45, 7) is 0.612. The molecule has 1 aromatic rings. The summed E-state index contributed by atoms with van der Waals surface area (Å²) < 4.78 is 4.95. The number of halogens is 1. The lowest BCUT2D eigenvalue weighted by Crippen LogP contribution is -2.42. The quantitative estimate of drug-likeness (QED) is 0.708. The van der Waals surface area contributed by atoms with E-state index in [4.69, 9.17) is 9.84 Å². The van der Waals surface area contributed by atoms with Crippen LogP contribution >= 0.6 is 12.4 Å². The van der Waals surface area contributed by atoms with Crippen LogP contribution in [0.5, 0.6) is 0 Å². The Morgan fingerprint density at radius 3 is 2.50 bits per heavy atom. The summed E-state index contributed by atoms with van der Waals surface area (Å²) in [6.07, 6.45) is -0.431. The van der Waals surface area contributed by atoms with Gasteiger partial charge in [0, 0.05) is 0 Å². The summed E-state index contributed by atoms with van der Waals surface area (Å²) in [6, 6.07) is 8.23. The minimum Gasteiger partial charge on any atom is -0.480 e. The smallest absolute Gasteiger partial charge is 0.408 e. The lowest BCUT2D eigenvalue weighted by Gasteiger charge is -2.14. The zero-order valence-corrected chi connectivity index (χ0v) is 12.0. The number of rotatable bonds is 7. The van der Waals surface area contributed by atoms with E-state index in [0.717, 1.165) is 5.56 Å². The van der Waals surface area contributed by atoms with Crippen LogP contribution in [0, 0.1) is 0 Å². The summed E-state index contributed by atoms with van der Waals surface area (Å²) in [4.78, 5) is 22.4. The van der Waals surface area contributed by atoms with Crippen molar-refractivity contribution in [1.29, 1.82) is 0 Å². The molecule has 0 saturated heterocycles. The van der Waals surface area contributed by atoms with Crippen molar-refractivity contribution in [2.24, 2.45) is 0 Å². The molecule has 1 atom stereocenters. The van der Waals surface area contributed by atoms with E-state index in [-0.39, 0.29) is 19.0 Å². The number of carboxylic acids is 1. The largest absolute Gasteiger partial charge is 0.480 e. The minimum atomic E-state index is -1.08. The molecule has 1 aromatic carbocycles. The van der Waals surface area contributed by atoms with Gasteiger partial charge in [-0.25, -0.2) is 9.59 Å². The van der Waals surface area contributed by atoms with E-state index in [1.165, 1.54) is 0 Å². The number of hydrogen-bond donors (Lipinski definition) is 3. The molecule has 0 heterocycles. The standard InChI is InChI=1S/C13H18N2O4.ClH/c1-14-8-7-11(12(16)17)15-13(18)19-9-10-5-3-2-4-6-10;/h2-6,11,14H,7-9H2,1H3,(H,15,18)(H,16,17);1H. The molecule has 0 bridgehead atoms. The second-order valence-electron chi connectivity index (χ2n) is 3.99. The van der Waals surface area contributed by atoms with Gasteiger partial charge in [-0.2, -0.15) is 0 Å². The van der Waals surface area contributed by atoms with Gasteiger partial charge in [0.2, 0.25) is 0 Å². The highest BCUT2D eigenvalue weighted by Crippen LogP contribution is 2.01. The number of hydrogen-bond acceptors (Lipinski definition) is 4. The number of nitrogens with one attached hydrogen (secondary N) is 2. The number of benzene rings is 1. The van der Waals surface area contributed by atoms with Gasteiger partial charge in [0.15, 0.2) is 0 Å². The van der Waals surface area contributed by atoms with E-state index in [9.17, 15) is 9.59 Å². The monoisotopic (exact) mass is 302 g/mol. The topological polar surface area (TPSA) is 87.7 Å². The number of carboxylic acid groups (broad SMARTS) is 1. The summed E-state index contributed by atoms with van der Waals surface area (Å²) in [5.74, 6) is -1.08. The van der Waals surface area contributed by atoms with Crippen molar-refractivity contribution in [2.75, 3.05) is 13.6 Å². The third-order valence-corrected chi connectivity index (χ3v) is 2.49. The average Bonchev–Trinajstić information content (AvgIpc) is 2.42. The van der Waals surface area contributed by atoms with Gasteiger partial charge in [-0.3, -0.25) is 0 Å². The Labute approximate surface area is 123 Å². The number of alkyl carbamates (subject to hydrolysis) is 1. The van der Waals surface area contributed by atoms with E-state index < -0.39 is 18.1 Å². The highest BCUT2D eigenvalue weighted by molar-refractivity contribution is 5.85. The first-order chi connectivity index (χ1) is 9.13. The second kappa shape index (κ2) is 10.1. The van der Waals surface area contributed by atoms with Crippen molar-refractivity contribution in [3.05, 3.63) is 35.9 Å². The van der Waals surface area contributed by atoms with Gasteiger partial charge in [-0.1, -0.05) is 30.3 Å². The first-order valence-electron chi connectivity index (χ1n) is 5.98. The van der Waals surface area contributed by atoms with Crippen LogP contribution in [0.3, 0.4) is 0 Å². The normalized spacial score (nSPS) is 11.1. The Balaban J connectivity index is 0.00000361. The molecule has 1 amide bonds. The molecule has 112 valence electrons. The van der Waals surface area contributed by atoms with E-state index >= 15 is 0 Å². The molecule has 0 aromatic heterocycles. The molecule has 0 aliphatic heterocycles. The third kappa shape index (κ3) is 6.96. The van der Waals surface area contributed by atoms with Crippen LogP contribution in [-0.4, -0.2) is 36.8 Å². The number of carbonyl (C=O) groups is 2. The SMILES string of the molecule is CNCCC(NC(=O)OCc1ccccc1)C(=O)O.Cl. The summed E-state index contributed by atoms with van der Waals surface area (Å²) in [5.41, 5.74) is 0.847. The van der Waals surface area contributed by atoms with Gasteiger partial charge in [0.25, 0.3) is 0 Å². The lowest BCUT2D eigenvalue weighted by molar-refractivity contribution is -0.139. The van der Waals surface area contributed by atoms with Crippen LogP contribution in [0.2, 0.25) is 0 Å². The van der Waals surface area contributed by atoms with E-state index in [2.05, 4.69) is 10.6 Å². The maximum absolute atomic E-state index is 11.5. The van der Waals surface area contributed by atoms with Crippen molar-refractivity contribution in [3.63, 3.8) is 0 Å². The van der Waals surface area contributed by atoms with Crippen LogP contribution in [0.1, 0.15) is 12.0 Å². The van der Waals surface area contributed by atoms with Crippen molar-refractivity contribution < 1.29 is 19.4 Å². The van der Waals surface area contributed by atoms with Gasteiger partial charge in [-0.15, -0.1) is 12.4 Å². The molecule has 7 heteroatoms. The van der Waals surface area contributed by atoms with E-state index in [1.807, 2.05) is 30.3 Å². The molecule has 20 heavy (non-hydrogen) atoms. The second-order valence-corrected chi connectivity index (χ2v) is 3.99. The predicted molar refractivity (Wildman–Crippen MR) is 77.0 cm³/mol. The Hall–Kier alpha value is -1.79. The fourth-order valence-corrected chi connectivity index (χ4v) is 1.45. The first kappa shape index (κ1) is 18.2. The number of aliphatic carboxylic acids is 1. The fraction of sp³-hybridized carbons (Fsp3) is 0.385. The van der Waals surface area contributed by atoms with Gasteiger partial charge < -0.3 is 20.5 Å². The first-order valence-corrected chi connectivity index (χ1v) is 5.98. The van der Waals surface area contributed by atoms with Gasteiger partial charge in [0.1, 0.15) is 12.6 Å². The molecule has 3 N–H and O–H groups in total. The number of ether oxygens (including phenoxy) is 1. The molecule has 1 rings (SSSR count). The van der Waals surface area contributed by atoms with Crippen molar-refractivity contribution in [3.8, 4) is 0 Å². The number of amides is 1. The summed E-state index contributed by atoms with van der Waals surface area (Å²) >= 11 is 0. The zero-order chi connectivity index (χ0) is 14.1. The van der Waals surface area contributed by atoms with Gasteiger partial charge in [-0.05, 0) is 25.6 Å². The van der Waals surface area contributed by atoms with Crippen LogP contribution in [0.4, 0.5) is 4.79 Å². The summed E-state index contributed by atoms with van der Waals surface area (Å²) in [7, 11) is 1.71. The Morgan fingerprint density at radius 1 is 1.30 bits per heavy atom. The summed E-state index contributed by atoms with van der Waals surface area (Å²) in [5, 5.41) is 14.1. The Kier molecular flexibility index (Phi) is 9.15. The lowest BCUT2D eigenvalue weighted by atomic mass is 10.2. The maximum atomic E-state index is 11.5. The maximum Gasteiger partial charge on any atom is 0.408 e. The highest BCUT2D eigenvalue weighted by atomic mass is 35.5. The van der Waals surface area contributed by atoms with Crippen molar-refractivity contribution in [2.45, 2.75) is 19.1 Å². The fourth-order valence-electron chi connectivity index (χ4n) is 1.45. The van der Waals surface area contributed by atoms with Gasteiger partial charge >= 0.3 is 12.1 Å². The molecule has 0 fully saturated rings. The van der Waals surface area contributed by atoms with Crippen LogP contribution in [-0.2, 0) is 16.1 Å².